The van der Waals surface area contributed by atoms with Gasteiger partial charge in [0.2, 0.25) is 0 Å². The van der Waals surface area contributed by atoms with Crippen molar-refractivity contribution in [3.8, 4) is 11.5 Å². The summed E-state index contributed by atoms with van der Waals surface area (Å²) in [4.78, 5) is 23.9. The molecule has 0 aliphatic rings. The number of nitrogens with zero attached hydrogens (tertiary/aromatic N) is 2. The van der Waals surface area contributed by atoms with Crippen LogP contribution in [0.5, 0.6) is 11.5 Å². The smallest absolute Gasteiger partial charge is 0.277 e. The summed E-state index contributed by atoms with van der Waals surface area (Å²) in [6.45, 7) is 8.22. The number of rotatable bonds is 12. The van der Waals surface area contributed by atoms with Gasteiger partial charge in [-0.05, 0) is 58.4 Å². The van der Waals surface area contributed by atoms with E-state index in [2.05, 4.69) is 48.7 Å². The number of ether oxygens (including phenoxy) is 2. The van der Waals surface area contributed by atoms with Crippen LogP contribution in [0.15, 0.2) is 83.0 Å². The van der Waals surface area contributed by atoms with E-state index in [1.54, 1.807) is 0 Å². The zero-order chi connectivity index (χ0) is 27.3. The fraction of sp³-hybridized carbons (Fsp3) is 0.267. The van der Waals surface area contributed by atoms with Gasteiger partial charge in [-0.15, -0.1) is 0 Å². The molecule has 0 heterocycles. The first-order valence-electron chi connectivity index (χ1n) is 12.5. The molecule has 0 atom stereocenters. The molecule has 3 aromatic carbocycles. The van der Waals surface area contributed by atoms with Gasteiger partial charge in [0, 0.05) is 0 Å². The van der Waals surface area contributed by atoms with Crippen LogP contribution in [-0.2, 0) is 9.59 Å². The third-order valence-electron chi connectivity index (χ3n) is 5.58. The molecule has 0 unspecified atom stereocenters. The first-order valence-corrected chi connectivity index (χ1v) is 12.5. The number of nitrogens with one attached hydrogen (secondary N) is 2. The number of hydrazone groups is 2. The van der Waals surface area contributed by atoms with Gasteiger partial charge in [0.1, 0.15) is 11.5 Å². The number of carbonyl (C=O) groups excluding carboxylic acids is 2. The minimum Gasteiger partial charge on any atom is -0.484 e. The fourth-order valence-electron chi connectivity index (χ4n) is 3.29. The first-order chi connectivity index (χ1) is 18.3. The van der Waals surface area contributed by atoms with Crippen molar-refractivity contribution in [1.29, 1.82) is 0 Å². The Morgan fingerprint density at radius 2 is 0.974 bits per heavy atom. The van der Waals surface area contributed by atoms with Crippen LogP contribution in [0.3, 0.4) is 0 Å². The lowest BCUT2D eigenvalue weighted by atomic mass is 10.0. The predicted molar refractivity (Wildman–Crippen MR) is 150 cm³/mol. The van der Waals surface area contributed by atoms with Crippen molar-refractivity contribution in [3.63, 3.8) is 0 Å². The maximum Gasteiger partial charge on any atom is 0.277 e. The van der Waals surface area contributed by atoms with Gasteiger partial charge in [-0.25, -0.2) is 10.9 Å². The summed E-state index contributed by atoms with van der Waals surface area (Å²) < 4.78 is 11.0. The van der Waals surface area contributed by atoms with Crippen molar-refractivity contribution in [2.24, 2.45) is 10.2 Å². The van der Waals surface area contributed by atoms with Gasteiger partial charge in [-0.1, -0.05) is 76.2 Å². The van der Waals surface area contributed by atoms with Crippen LogP contribution in [0.25, 0.3) is 0 Å². The van der Waals surface area contributed by atoms with E-state index in [-0.39, 0.29) is 25.0 Å². The Kier molecular flexibility index (Phi) is 10.6. The number of hydrogen-bond acceptors (Lipinski definition) is 6. The van der Waals surface area contributed by atoms with Gasteiger partial charge < -0.3 is 9.47 Å². The molecule has 38 heavy (non-hydrogen) atoms. The maximum atomic E-state index is 12.0. The Morgan fingerprint density at radius 3 is 1.29 bits per heavy atom. The molecule has 0 bridgehead atoms. The summed E-state index contributed by atoms with van der Waals surface area (Å²) in [5, 5.41) is 7.91. The molecule has 0 saturated heterocycles. The average Bonchev–Trinajstić information content (AvgIpc) is 2.92. The average molecular weight is 515 g/mol. The van der Waals surface area contributed by atoms with E-state index in [1.165, 1.54) is 23.6 Å². The molecule has 3 aromatic rings. The molecule has 0 aliphatic carbocycles. The van der Waals surface area contributed by atoms with E-state index in [9.17, 15) is 9.59 Å². The molecule has 3 rings (SSSR count). The maximum absolute atomic E-state index is 12.0. The van der Waals surface area contributed by atoms with Gasteiger partial charge in [0.05, 0.1) is 12.4 Å². The van der Waals surface area contributed by atoms with Gasteiger partial charge in [-0.2, -0.15) is 10.2 Å². The van der Waals surface area contributed by atoms with Crippen molar-refractivity contribution >= 4 is 24.2 Å². The lowest BCUT2D eigenvalue weighted by molar-refractivity contribution is -0.123. The third kappa shape index (κ3) is 9.54. The summed E-state index contributed by atoms with van der Waals surface area (Å²) >= 11 is 0. The monoisotopic (exact) mass is 514 g/mol. The predicted octanol–water partition coefficient (Wildman–Crippen LogP) is 4.99. The van der Waals surface area contributed by atoms with Crippen LogP contribution in [0.4, 0.5) is 0 Å². The van der Waals surface area contributed by atoms with E-state index in [4.69, 9.17) is 9.47 Å². The van der Waals surface area contributed by atoms with E-state index >= 15 is 0 Å². The van der Waals surface area contributed by atoms with Gasteiger partial charge in [-0.3, -0.25) is 9.59 Å². The van der Waals surface area contributed by atoms with Gasteiger partial charge >= 0.3 is 0 Å². The number of benzene rings is 3. The SMILES string of the molecule is CC(C)c1ccc(OCC(=O)NN=Cc2ccc(C=NNC(=O)COc3ccc(C(C)C)cc3)cc2)cc1. The highest BCUT2D eigenvalue weighted by atomic mass is 16.5. The third-order valence-corrected chi connectivity index (χ3v) is 5.58. The molecule has 0 saturated carbocycles. The Labute approximate surface area is 223 Å². The molecule has 2 N–H and O–H groups in total. The first kappa shape index (κ1) is 28.1. The molecular weight excluding hydrogens is 480 g/mol. The van der Waals surface area contributed by atoms with Crippen molar-refractivity contribution in [2.45, 2.75) is 39.5 Å². The summed E-state index contributed by atoms with van der Waals surface area (Å²) in [5.41, 5.74) is 8.88. The minimum atomic E-state index is -0.356. The molecule has 8 heteroatoms. The van der Waals surface area contributed by atoms with Gasteiger partial charge in [0.25, 0.3) is 11.8 Å². The highest BCUT2D eigenvalue weighted by Gasteiger charge is 2.04. The Balaban J connectivity index is 1.35. The normalized spacial score (nSPS) is 11.3. The fourth-order valence-corrected chi connectivity index (χ4v) is 3.29. The number of amides is 2. The summed E-state index contributed by atoms with van der Waals surface area (Å²) in [5.74, 6) is 1.42. The topological polar surface area (TPSA) is 101 Å². The van der Waals surface area contributed by atoms with Crippen molar-refractivity contribution in [3.05, 3.63) is 95.1 Å². The molecule has 0 radical (unpaired) electrons. The molecule has 8 nitrogen and oxygen atoms in total. The van der Waals surface area contributed by atoms with Gasteiger partial charge in [0.15, 0.2) is 13.2 Å². The van der Waals surface area contributed by atoms with Crippen LogP contribution in [0.1, 0.15) is 61.8 Å². The van der Waals surface area contributed by atoms with E-state index in [0.29, 0.717) is 23.3 Å². The quantitative estimate of drug-likeness (QED) is 0.263. The molecule has 0 aromatic heterocycles. The van der Waals surface area contributed by atoms with Crippen LogP contribution in [0.2, 0.25) is 0 Å². The second-order valence-electron chi connectivity index (χ2n) is 9.28. The second kappa shape index (κ2) is 14.3. The van der Waals surface area contributed by atoms with Crippen LogP contribution in [0, 0.1) is 0 Å². The highest BCUT2D eigenvalue weighted by molar-refractivity contribution is 5.86. The van der Waals surface area contributed by atoms with Crippen LogP contribution < -0.4 is 20.3 Å². The largest absolute Gasteiger partial charge is 0.484 e. The number of hydrogen-bond donors (Lipinski definition) is 2. The van der Waals surface area contributed by atoms with E-state index in [1.807, 2.05) is 72.8 Å². The summed E-state index contributed by atoms with van der Waals surface area (Å²) in [7, 11) is 0. The molecular formula is C30H34N4O4. The lowest BCUT2D eigenvalue weighted by Gasteiger charge is -2.08. The van der Waals surface area contributed by atoms with Crippen LogP contribution in [-0.4, -0.2) is 37.5 Å². The molecule has 0 aliphatic heterocycles. The van der Waals surface area contributed by atoms with Crippen molar-refractivity contribution < 1.29 is 19.1 Å². The minimum absolute atomic E-state index is 0.130. The Hall–Kier alpha value is -4.46. The second-order valence-corrected chi connectivity index (χ2v) is 9.28. The summed E-state index contributed by atoms with van der Waals surface area (Å²) in [6, 6.07) is 22.6. The lowest BCUT2D eigenvalue weighted by Crippen LogP contribution is -2.24. The molecule has 0 spiro atoms. The standard InChI is InChI=1S/C30H34N4O4/c1-21(2)25-9-13-27(14-10-25)37-19-29(35)33-31-17-23-5-7-24(8-6-23)18-32-34-30(36)20-38-28-15-11-26(12-16-28)22(3)4/h5-18,21-22H,19-20H2,1-4H3,(H,33,35)(H,34,36). The Bertz CT molecular complexity index is 1130. The molecule has 0 fully saturated rings. The van der Waals surface area contributed by atoms with Crippen molar-refractivity contribution in [1.82, 2.24) is 10.9 Å². The van der Waals surface area contributed by atoms with E-state index in [0.717, 1.165) is 11.1 Å². The zero-order valence-corrected chi connectivity index (χ0v) is 22.2. The van der Waals surface area contributed by atoms with Crippen molar-refractivity contribution in [2.75, 3.05) is 13.2 Å². The van der Waals surface area contributed by atoms with E-state index < -0.39 is 0 Å². The molecule has 198 valence electrons. The Morgan fingerprint density at radius 1 is 0.632 bits per heavy atom. The molecule has 2 amide bonds. The van der Waals surface area contributed by atoms with Crippen LogP contribution >= 0.6 is 0 Å². The number of carbonyl (C=O) groups is 2. The summed E-state index contributed by atoms with van der Waals surface area (Å²) in [6.07, 6.45) is 3.06. The zero-order valence-electron chi connectivity index (χ0n) is 22.2. The highest BCUT2D eigenvalue weighted by Crippen LogP contribution is 2.19.